The van der Waals surface area contributed by atoms with Gasteiger partial charge in [-0.25, -0.2) is 0 Å². The third-order valence-corrected chi connectivity index (χ3v) is 7.14. The summed E-state index contributed by atoms with van der Waals surface area (Å²) < 4.78 is 5.14. The van der Waals surface area contributed by atoms with E-state index in [1.54, 1.807) is 13.8 Å². The van der Waals surface area contributed by atoms with Crippen molar-refractivity contribution in [1.82, 2.24) is 0 Å². The molecule has 4 aliphatic rings. The van der Waals surface area contributed by atoms with E-state index in [1.165, 1.54) is 0 Å². The summed E-state index contributed by atoms with van der Waals surface area (Å²) >= 11 is 0. The van der Waals surface area contributed by atoms with Gasteiger partial charge in [-0.1, -0.05) is 38.2 Å². The van der Waals surface area contributed by atoms with Crippen molar-refractivity contribution < 1.29 is 34.1 Å². The van der Waals surface area contributed by atoms with Crippen LogP contribution in [0.2, 0.25) is 0 Å². The summed E-state index contributed by atoms with van der Waals surface area (Å²) in [4.78, 5) is 49.0. The zero-order chi connectivity index (χ0) is 19.7. The van der Waals surface area contributed by atoms with Crippen LogP contribution in [-0.2, 0) is 23.9 Å². The molecule has 2 saturated carbocycles. The van der Waals surface area contributed by atoms with Gasteiger partial charge in [0.15, 0.2) is 0 Å². The molecular weight excluding hydrogens is 352 g/mol. The lowest BCUT2D eigenvalue weighted by Gasteiger charge is -2.32. The smallest absolute Gasteiger partial charge is 0.318 e. The van der Waals surface area contributed by atoms with E-state index in [-0.39, 0.29) is 11.8 Å². The van der Waals surface area contributed by atoms with Crippen LogP contribution in [0.5, 0.6) is 0 Å². The van der Waals surface area contributed by atoms with Crippen LogP contribution in [0.15, 0.2) is 24.3 Å². The number of carboxylic acids is 2. The van der Waals surface area contributed by atoms with Crippen LogP contribution in [-0.4, -0.2) is 34.1 Å². The number of aliphatic carboxylic acids is 2. The highest BCUT2D eigenvalue weighted by Crippen LogP contribution is 2.58. The van der Waals surface area contributed by atoms with Gasteiger partial charge in [0.05, 0.1) is 23.7 Å². The highest BCUT2D eigenvalue weighted by atomic mass is 16.6. The Balaban J connectivity index is 1.57. The zero-order valence-electron chi connectivity index (χ0n) is 15.1. The molecule has 0 heterocycles. The summed E-state index contributed by atoms with van der Waals surface area (Å²) in [5, 5.41) is 19.1. The van der Waals surface area contributed by atoms with Crippen molar-refractivity contribution in [3.63, 3.8) is 0 Å². The monoisotopic (exact) mass is 374 g/mol. The van der Waals surface area contributed by atoms with Gasteiger partial charge in [0.1, 0.15) is 0 Å². The van der Waals surface area contributed by atoms with Gasteiger partial charge in [-0.15, -0.1) is 0 Å². The van der Waals surface area contributed by atoms with Crippen molar-refractivity contribution >= 4 is 23.9 Å². The molecule has 0 amide bonds. The fourth-order valence-electron chi connectivity index (χ4n) is 5.95. The van der Waals surface area contributed by atoms with Gasteiger partial charge >= 0.3 is 23.9 Å². The maximum Gasteiger partial charge on any atom is 0.318 e. The molecule has 0 aliphatic heterocycles. The van der Waals surface area contributed by atoms with Gasteiger partial charge in [-0.2, -0.15) is 0 Å². The number of fused-ring (bicyclic) bond motifs is 4. The molecule has 0 aromatic carbocycles. The quantitative estimate of drug-likeness (QED) is 0.438. The van der Waals surface area contributed by atoms with Gasteiger partial charge in [0.2, 0.25) is 0 Å². The van der Waals surface area contributed by atoms with Gasteiger partial charge < -0.3 is 14.9 Å². The van der Waals surface area contributed by atoms with Crippen molar-refractivity contribution in [1.29, 1.82) is 0 Å². The number of rotatable bonds is 4. The van der Waals surface area contributed by atoms with Crippen LogP contribution in [0.25, 0.3) is 0 Å². The molecule has 4 rings (SSSR count). The molecule has 0 saturated heterocycles. The predicted molar refractivity (Wildman–Crippen MR) is 91.0 cm³/mol. The van der Waals surface area contributed by atoms with E-state index in [4.69, 9.17) is 4.74 Å². The Morgan fingerprint density at radius 2 is 1.19 bits per heavy atom. The maximum atomic E-state index is 12.8. The standard InChI is InChI=1S/C20H22O7/c1-19-5-3-9(7-19)11(15(21)22)13(19)17(25)27-18(26)14-12(16(23)24)10-4-6-20(14,2)8-10/h3-6,9-14H,7-8H2,1-2H3,(H,21,22)(H,23,24). The fourth-order valence-corrected chi connectivity index (χ4v) is 5.95. The normalized spacial score (nSPS) is 46.0. The first-order chi connectivity index (χ1) is 12.6. The second-order valence-electron chi connectivity index (χ2n) is 8.89. The molecule has 8 unspecified atom stereocenters. The van der Waals surface area contributed by atoms with Crippen molar-refractivity contribution in [3.8, 4) is 0 Å². The molecule has 144 valence electrons. The summed E-state index contributed by atoms with van der Waals surface area (Å²) in [6.07, 6.45) is 8.34. The minimum Gasteiger partial charge on any atom is -0.481 e. The van der Waals surface area contributed by atoms with Crippen molar-refractivity contribution in [2.45, 2.75) is 26.7 Å². The van der Waals surface area contributed by atoms with E-state index in [0.29, 0.717) is 12.8 Å². The largest absolute Gasteiger partial charge is 0.481 e. The number of carbonyl (C=O) groups excluding carboxylic acids is 2. The molecule has 2 N–H and O–H groups in total. The first-order valence-corrected chi connectivity index (χ1v) is 9.17. The summed E-state index contributed by atoms with van der Waals surface area (Å²) in [7, 11) is 0. The molecular formula is C20H22O7. The van der Waals surface area contributed by atoms with Crippen LogP contribution in [0, 0.1) is 46.3 Å². The molecule has 0 spiro atoms. The van der Waals surface area contributed by atoms with E-state index in [2.05, 4.69) is 0 Å². The molecule has 7 nitrogen and oxygen atoms in total. The van der Waals surface area contributed by atoms with Crippen LogP contribution in [0.1, 0.15) is 26.7 Å². The summed E-state index contributed by atoms with van der Waals surface area (Å²) in [6, 6.07) is 0. The Labute approximate surface area is 156 Å². The first kappa shape index (κ1) is 17.9. The van der Waals surface area contributed by atoms with E-state index in [9.17, 15) is 29.4 Å². The average molecular weight is 374 g/mol. The SMILES string of the molecule is CC12C=CC(C1)C(C(=O)O)C2C(=O)OC(=O)C1C(C(=O)O)C2C=CC1(C)C2. The first-order valence-electron chi connectivity index (χ1n) is 9.17. The number of allylic oxidation sites excluding steroid dienone is 4. The van der Waals surface area contributed by atoms with E-state index in [0.717, 1.165) is 0 Å². The summed E-state index contributed by atoms with van der Waals surface area (Å²) in [5.74, 6) is -8.14. The minimum absolute atomic E-state index is 0.255. The maximum absolute atomic E-state index is 12.8. The number of esters is 2. The number of carboxylic acid groups (broad SMARTS) is 2. The Kier molecular flexibility index (Phi) is 3.68. The lowest BCUT2D eigenvalue weighted by Crippen LogP contribution is -2.43. The van der Waals surface area contributed by atoms with Crippen molar-refractivity contribution in [3.05, 3.63) is 24.3 Å². The molecule has 8 atom stereocenters. The zero-order valence-corrected chi connectivity index (χ0v) is 15.1. The number of ether oxygens (including phenoxy) is 1. The molecule has 7 heteroatoms. The topological polar surface area (TPSA) is 118 Å². The molecule has 0 aromatic heterocycles. The number of hydrogen-bond donors (Lipinski definition) is 2. The molecule has 0 aromatic rings. The Hall–Kier alpha value is -2.44. The highest BCUT2D eigenvalue weighted by molar-refractivity contribution is 5.94. The third-order valence-electron chi connectivity index (χ3n) is 7.14. The second-order valence-corrected chi connectivity index (χ2v) is 8.89. The van der Waals surface area contributed by atoms with Crippen molar-refractivity contribution in [2.24, 2.45) is 46.3 Å². The molecule has 4 bridgehead atoms. The highest BCUT2D eigenvalue weighted by Gasteiger charge is 2.62. The van der Waals surface area contributed by atoms with E-state index < -0.39 is 58.4 Å². The second kappa shape index (κ2) is 5.53. The summed E-state index contributed by atoms with van der Waals surface area (Å²) in [6.45, 7) is 3.59. The Morgan fingerprint density at radius 3 is 1.52 bits per heavy atom. The van der Waals surface area contributed by atoms with Gasteiger partial charge in [-0.05, 0) is 24.7 Å². The van der Waals surface area contributed by atoms with Gasteiger partial charge in [0, 0.05) is 10.8 Å². The van der Waals surface area contributed by atoms with Gasteiger partial charge in [-0.3, -0.25) is 19.2 Å². The average Bonchev–Trinajstić information content (AvgIpc) is 3.27. The number of hydrogen-bond acceptors (Lipinski definition) is 5. The Morgan fingerprint density at radius 1 is 0.815 bits per heavy atom. The van der Waals surface area contributed by atoms with Crippen LogP contribution < -0.4 is 0 Å². The number of carbonyl (C=O) groups is 4. The third kappa shape index (κ3) is 2.40. The summed E-state index contributed by atoms with van der Waals surface area (Å²) in [5.41, 5.74) is -1.31. The lowest BCUT2D eigenvalue weighted by molar-refractivity contribution is -0.175. The molecule has 2 fully saturated rings. The predicted octanol–water partition coefficient (Wildman–Crippen LogP) is 1.88. The fraction of sp³-hybridized carbons (Fsp3) is 0.600. The molecule has 0 radical (unpaired) electrons. The van der Waals surface area contributed by atoms with Crippen LogP contribution in [0.4, 0.5) is 0 Å². The lowest BCUT2D eigenvalue weighted by atomic mass is 9.74. The Bertz CT molecular complexity index is 745. The van der Waals surface area contributed by atoms with E-state index >= 15 is 0 Å². The molecule has 4 aliphatic carbocycles. The van der Waals surface area contributed by atoms with Crippen molar-refractivity contribution in [2.75, 3.05) is 0 Å². The van der Waals surface area contributed by atoms with E-state index in [1.807, 2.05) is 24.3 Å². The van der Waals surface area contributed by atoms with Gasteiger partial charge in [0.25, 0.3) is 0 Å². The minimum atomic E-state index is -1.08. The van der Waals surface area contributed by atoms with Crippen LogP contribution >= 0.6 is 0 Å². The van der Waals surface area contributed by atoms with Crippen LogP contribution in [0.3, 0.4) is 0 Å². The molecule has 27 heavy (non-hydrogen) atoms.